The molecule has 0 radical (unpaired) electrons. The van der Waals surface area contributed by atoms with Crippen LogP contribution in [0.5, 0.6) is 0 Å². The number of carboxylic acid groups (broad SMARTS) is 1. The average molecular weight is 303 g/mol. The highest BCUT2D eigenvalue weighted by Crippen LogP contribution is 2.16. The van der Waals surface area contributed by atoms with Gasteiger partial charge in [0.2, 0.25) is 0 Å². The molecule has 0 saturated carbocycles. The molecule has 2 aromatic rings. The highest BCUT2D eigenvalue weighted by atomic mass is 16.5. The molecule has 0 bridgehead atoms. The number of aromatic nitrogens is 2. The van der Waals surface area contributed by atoms with Crippen molar-refractivity contribution in [1.82, 2.24) is 9.78 Å². The van der Waals surface area contributed by atoms with Crippen molar-refractivity contribution in [3.05, 3.63) is 47.7 Å². The number of hydrogen-bond acceptors (Lipinski definition) is 4. The van der Waals surface area contributed by atoms with Gasteiger partial charge in [0, 0.05) is 6.54 Å². The van der Waals surface area contributed by atoms with Gasteiger partial charge in [-0.15, -0.1) is 0 Å². The number of aromatic carboxylic acids is 1. The monoisotopic (exact) mass is 303 g/mol. The molecule has 0 atom stereocenters. The molecule has 7 heteroatoms. The van der Waals surface area contributed by atoms with Crippen LogP contribution >= 0.6 is 0 Å². The summed E-state index contributed by atoms with van der Waals surface area (Å²) in [6, 6.07) is 9.21. The van der Waals surface area contributed by atoms with E-state index in [1.54, 1.807) is 0 Å². The Labute approximate surface area is 127 Å². The van der Waals surface area contributed by atoms with E-state index in [9.17, 15) is 9.59 Å². The largest absolute Gasteiger partial charge is 0.477 e. The number of amides is 1. The fourth-order valence-corrected chi connectivity index (χ4v) is 1.91. The molecule has 1 amide bonds. The molecule has 116 valence electrons. The van der Waals surface area contributed by atoms with Crippen LogP contribution in [-0.2, 0) is 17.9 Å². The summed E-state index contributed by atoms with van der Waals surface area (Å²) in [5.41, 5.74) is 0.781. The molecule has 0 saturated heterocycles. The molecule has 1 aromatic heterocycles. The normalized spacial score (nSPS) is 10.2. The zero-order valence-electron chi connectivity index (χ0n) is 12.2. The van der Waals surface area contributed by atoms with Crippen molar-refractivity contribution in [2.75, 3.05) is 5.32 Å². The maximum atomic E-state index is 11.8. The SMILES string of the molecule is CCCn1ncc(C(=O)O)c1NC(=O)OCc1ccccc1. The van der Waals surface area contributed by atoms with Crippen LogP contribution in [0.2, 0.25) is 0 Å². The van der Waals surface area contributed by atoms with E-state index >= 15 is 0 Å². The highest BCUT2D eigenvalue weighted by Gasteiger charge is 2.19. The Morgan fingerprint density at radius 3 is 2.68 bits per heavy atom. The second-order valence-electron chi connectivity index (χ2n) is 4.62. The van der Waals surface area contributed by atoms with Crippen molar-refractivity contribution in [3.8, 4) is 0 Å². The van der Waals surface area contributed by atoms with Crippen molar-refractivity contribution in [2.24, 2.45) is 0 Å². The van der Waals surface area contributed by atoms with Crippen molar-refractivity contribution in [3.63, 3.8) is 0 Å². The van der Waals surface area contributed by atoms with Gasteiger partial charge < -0.3 is 9.84 Å². The summed E-state index contributed by atoms with van der Waals surface area (Å²) in [5, 5.41) is 15.5. The Morgan fingerprint density at radius 2 is 2.05 bits per heavy atom. The zero-order chi connectivity index (χ0) is 15.9. The van der Waals surface area contributed by atoms with Gasteiger partial charge in [-0.2, -0.15) is 5.10 Å². The predicted molar refractivity (Wildman–Crippen MR) is 79.7 cm³/mol. The standard InChI is InChI=1S/C15H17N3O4/c1-2-8-18-13(12(9-16-18)14(19)20)17-15(21)22-10-11-6-4-3-5-7-11/h3-7,9H,2,8,10H2,1H3,(H,17,21)(H,19,20). The van der Waals surface area contributed by atoms with E-state index in [0.717, 1.165) is 12.0 Å². The summed E-state index contributed by atoms with van der Waals surface area (Å²) in [5.74, 6) is -1.02. The van der Waals surface area contributed by atoms with Gasteiger partial charge in [-0.25, -0.2) is 14.3 Å². The summed E-state index contributed by atoms with van der Waals surface area (Å²) in [4.78, 5) is 23.0. The van der Waals surface area contributed by atoms with Crippen molar-refractivity contribution >= 4 is 17.9 Å². The number of carbonyl (C=O) groups is 2. The second kappa shape index (κ2) is 7.26. The number of rotatable bonds is 6. The number of benzene rings is 1. The minimum atomic E-state index is -1.15. The number of carboxylic acids is 1. The number of nitrogens with zero attached hydrogens (tertiary/aromatic N) is 2. The lowest BCUT2D eigenvalue weighted by Gasteiger charge is -2.10. The molecule has 0 spiro atoms. The summed E-state index contributed by atoms with van der Waals surface area (Å²) >= 11 is 0. The molecule has 0 aliphatic rings. The number of carbonyl (C=O) groups excluding carboxylic acids is 1. The molecule has 2 N–H and O–H groups in total. The Hall–Kier alpha value is -2.83. The molecule has 1 aromatic carbocycles. The topological polar surface area (TPSA) is 93.5 Å². The Balaban J connectivity index is 2.04. The Morgan fingerprint density at radius 1 is 1.32 bits per heavy atom. The molecule has 0 aliphatic heterocycles. The third kappa shape index (κ3) is 3.85. The van der Waals surface area contributed by atoms with Crippen LogP contribution in [0.15, 0.2) is 36.5 Å². The van der Waals surface area contributed by atoms with Crippen LogP contribution in [0, 0.1) is 0 Å². The van der Waals surface area contributed by atoms with Crippen molar-refractivity contribution in [2.45, 2.75) is 26.5 Å². The number of ether oxygens (including phenoxy) is 1. The fraction of sp³-hybridized carbons (Fsp3) is 0.267. The molecule has 0 aliphatic carbocycles. The van der Waals surface area contributed by atoms with Crippen LogP contribution in [0.1, 0.15) is 29.3 Å². The first-order chi connectivity index (χ1) is 10.6. The van der Waals surface area contributed by atoms with Crippen LogP contribution in [0.3, 0.4) is 0 Å². The quantitative estimate of drug-likeness (QED) is 0.855. The number of nitrogens with one attached hydrogen (secondary N) is 1. The summed E-state index contributed by atoms with van der Waals surface area (Å²) in [6.45, 7) is 2.54. The molecule has 7 nitrogen and oxygen atoms in total. The Bertz CT molecular complexity index is 652. The first kappa shape index (κ1) is 15.6. The van der Waals surface area contributed by atoms with Gasteiger partial charge in [-0.05, 0) is 12.0 Å². The van der Waals surface area contributed by atoms with Gasteiger partial charge in [0.25, 0.3) is 0 Å². The summed E-state index contributed by atoms with van der Waals surface area (Å²) in [6.07, 6.45) is 1.25. The van der Waals surface area contributed by atoms with Crippen LogP contribution < -0.4 is 5.32 Å². The van der Waals surface area contributed by atoms with Crippen LogP contribution in [0.4, 0.5) is 10.6 Å². The molecule has 0 unspecified atom stereocenters. The smallest absolute Gasteiger partial charge is 0.413 e. The molecular formula is C15H17N3O4. The minimum absolute atomic E-state index is 0.0647. The van der Waals surface area contributed by atoms with E-state index in [1.165, 1.54) is 10.9 Å². The summed E-state index contributed by atoms with van der Waals surface area (Å²) in [7, 11) is 0. The first-order valence-corrected chi connectivity index (χ1v) is 6.88. The Kier molecular flexibility index (Phi) is 5.13. The number of aryl methyl sites for hydroxylation is 1. The van der Waals surface area contributed by atoms with Crippen LogP contribution in [-0.4, -0.2) is 26.9 Å². The minimum Gasteiger partial charge on any atom is -0.477 e. The fourth-order valence-electron chi connectivity index (χ4n) is 1.91. The molecular weight excluding hydrogens is 286 g/mol. The summed E-state index contributed by atoms with van der Waals surface area (Å²) < 4.78 is 6.52. The van der Waals surface area contributed by atoms with Gasteiger partial charge in [0.15, 0.2) is 0 Å². The lowest BCUT2D eigenvalue weighted by molar-refractivity contribution is 0.0698. The predicted octanol–water partition coefficient (Wildman–Crippen LogP) is 2.74. The van der Waals surface area contributed by atoms with Gasteiger partial charge in [-0.1, -0.05) is 37.3 Å². The first-order valence-electron chi connectivity index (χ1n) is 6.88. The van der Waals surface area contributed by atoms with Crippen molar-refractivity contribution < 1.29 is 19.4 Å². The number of hydrogen-bond donors (Lipinski definition) is 2. The maximum Gasteiger partial charge on any atom is 0.413 e. The zero-order valence-corrected chi connectivity index (χ0v) is 12.2. The van der Waals surface area contributed by atoms with Gasteiger partial charge in [-0.3, -0.25) is 5.32 Å². The van der Waals surface area contributed by atoms with Gasteiger partial charge >= 0.3 is 12.1 Å². The number of anilines is 1. The lowest BCUT2D eigenvalue weighted by Crippen LogP contribution is -2.18. The van der Waals surface area contributed by atoms with E-state index in [4.69, 9.17) is 9.84 Å². The van der Waals surface area contributed by atoms with E-state index in [1.807, 2.05) is 37.3 Å². The van der Waals surface area contributed by atoms with Crippen LogP contribution in [0.25, 0.3) is 0 Å². The maximum absolute atomic E-state index is 11.8. The van der Waals surface area contributed by atoms with E-state index in [0.29, 0.717) is 6.54 Å². The molecule has 1 heterocycles. The molecule has 2 rings (SSSR count). The third-order valence-corrected chi connectivity index (χ3v) is 2.94. The van der Waals surface area contributed by atoms with E-state index in [2.05, 4.69) is 10.4 Å². The van der Waals surface area contributed by atoms with E-state index < -0.39 is 12.1 Å². The van der Waals surface area contributed by atoms with Gasteiger partial charge in [0.05, 0.1) is 6.20 Å². The lowest BCUT2D eigenvalue weighted by atomic mass is 10.2. The molecule has 22 heavy (non-hydrogen) atoms. The van der Waals surface area contributed by atoms with E-state index in [-0.39, 0.29) is 18.0 Å². The second-order valence-corrected chi connectivity index (χ2v) is 4.62. The van der Waals surface area contributed by atoms with Crippen molar-refractivity contribution in [1.29, 1.82) is 0 Å². The third-order valence-electron chi connectivity index (χ3n) is 2.94. The molecule has 0 fully saturated rings. The van der Waals surface area contributed by atoms with Gasteiger partial charge in [0.1, 0.15) is 18.0 Å². The average Bonchev–Trinajstić information content (AvgIpc) is 2.90. The highest BCUT2D eigenvalue weighted by molar-refractivity contribution is 5.97.